The summed E-state index contributed by atoms with van der Waals surface area (Å²) in [6, 6.07) is 18.1. The van der Waals surface area contributed by atoms with Crippen LogP contribution < -0.4 is 10.1 Å². The number of ether oxygens (including phenoxy) is 1. The van der Waals surface area contributed by atoms with Gasteiger partial charge >= 0.3 is 0 Å². The maximum atomic E-state index is 12.3. The van der Waals surface area contributed by atoms with Gasteiger partial charge in [-0.25, -0.2) is 4.98 Å². The van der Waals surface area contributed by atoms with Crippen LogP contribution in [0.1, 0.15) is 17.7 Å². The van der Waals surface area contributed by atoms with E-state index < -0.39 is 0 Å². The molecule has 4 aromatic rings. The Kier molecular flexibility index (Phi) is 5.91. The van der Waals surface area contributed by atoms with Crippen molar-refractivity contribution < 1.29 is 9.53 Å². The van der Waals surface area contributed by atoms with Gasteiger partial charge in [-0.1, -0.05) is 42.5 Å². The van der Waals surface area contributed by atoms with Crippen molar-refractivity contribution in [2.45, 2.75) is 19.3 Å². The number of imidazole rings is 1. The van der Waals surface area contributed by atoms with Crippen molar-refractivity contribution in [2.75, 3.05) is 13.7 Å². The van der Waals surface area contributed by atoms with Crippen LogP contribution in [-0.4, -0.2) is 28.9 Å². The summed E-state index contributed by atoms with van der Waals surface area (Å²) in [6.07, 6.45) is 3.99. The molecule has 0 atom stereocenters. The van der Waals surface area contributed by atoms with E-state index in [4.69, 9.17) is 9.72 Å². The van der Waals surface area contributed by atoms with Gasteiger partial charge < -0.3 is 10.1 Å². The van der Waals surface area contributed by atoms with Crippen LogP contribution in [0.4, 0.5) is 0 Å². The highest BCUT2D eigenvalue weighted by Gasteiger charge is 2.11. The van der Waals surface area contributed by atoms with Crippen molar-refractivity contribution in [3.05, 3.63) is 77.4 Å². The lowest BCUT2D eigenvalue weighted by atomic mass is 10.1. The first-order valence-corrected chi connectivity index (χ1v) is 10.5. The number of rotatable bonds is 8. The molecule has 0 aliphatic rings. The van der Waals surface area contributed by atoms with Crippen molar-refractivity contribution in [3.63, 3.8) is 0 Å². The number of fused-ring (bicyclic) bond motifs is 1. The fourth-order valence-electron chi connectivity index (χ4n) is 3.26. The number of hydrogen-bond acceptors (Lipinski definition) is 4. The molecule has 0 radical (unpaired) electrons. The number of benzene rings is 2. The third-order valence-electron chi connectivity index (χ3n) is 4.83. The van der Waals surface area contributed by atoms with E-state index in [-0.39, 0.29) is 5.91 Å². The molecule has 0 spiro atoms. The Hall–Kier alpha value is -3.12. The standard InChI is InChI=1S/C23H23N3O2S/c1-28-20-9-5-6-17(14-20)12-13-24-22(27)11-10-19-16-29-23-25-21(15-26(19)23)18-7-3-2-4-8-18/h2-9,14-16H,10-13H2,1H3,(H,24,27). The topological polar surface area (TPSA) is 55.6 Å². The molecule has 2 aromatic carbocycles. The molecule has 0 aliphatic heterocycles. The molecule has 1 amide bonds. The summed E-state index contributed by atoms with van der Waals surface area (Å²) in [4.78, 5) is 17.9. The number of carbonyl (C=O) groups is 1. The number of hydrogen-bond donors (Lipinski definition) is 1. The third kappa shape index (κ3) is 4.66. The van der Waals surface area contributed by atoms with Crippen molar-refractivity contribution in [2.24, 2.45) is 0 Å². The number of nitrogens with zero attached hydrogens (tertiary/aromatic N) is 2. The van der Waals surface area contributed by atoms with E-state index in [0.29, 0.717) is 19.4 Å². The quantitative estimate of drug-likeness (QED) is 0.474. The predicted octanol–water partition coefficient (Wildman–Crippen LogP) is 4.36. The molecule has 29 heavy (non-hydrogen) atoms. The SMILES string of the molecule is COc1cccc(CCNC(=O)CCc2csc3nc(-c4ccccc4)cn23)c1. The Morgan fingerprint density at radius 1 is 1.14 bits per heavy atom. The molecular formula is C23H23N3O2S. The molecule has 0 bridgehead atoms. The fourth-order valence-corrected chi connectivity index (χ4v) is 4.17. The monoisotopic (exact) mass is 405 g/mol. The van der Waals surface area contributed by atoms with E-state index >= 15 is 0 Å². The molecule has 2 aromatic heterocycles. The van der Waals surface area contributed by atoms with Crippen LogP contribution >= 0.6 is 11.3 Å². The Bertz CT molecular complexity index is 1100. The van der Waals surface area contributed by atoms with E-state index in [1.165, 1.54) is 0 Å². The average Bonchev–Trinajstić information content (AvgIpc) is 3.34. The molecule has 0 unspecified atom stereocenters. The van der Waals surface area contributed by atoms with Gasteiger partial charge in [0.15, 0.2) is 4.96 Å². The number of aryl methyl sites for hydroxylation is 1. The minimum absolute atomic E-state index is 0.0654. The predicted molar refractivity (Wildman–Crippen MR) is 117 cm³/mol. The third-order valence-corrected chi connectivity index (χ3v) is 5.72. The number of nitrogens with one attached hydrogen (secondary N) is 1. The molecule has 0 saturated heterocycles. The van der Waals surface area contributed by atoms with Gasteiger partial charge in [0.05, 0.1) is 12.8 Å². The van der Waals surface area contributed by atoms with E-state index in [0.717, 1.165) is 39.6 Å². The molecule has 5 nitrogen and oxygen atoms in total. The summed E-state index contributed by atoms with van der Waals surface area (Å²) in [5.74, 6) is 0.904. The number of carbonyl (C=O) groups excluding carboxylic acids is 1. The van der Waals surface area contributed by atoms with Crippen molar-refractivity contribution in [1.29, 1.82) is 0 Å². The maximum absolute atomic E-state index is 12.3. The van der Waals surface area contributed by atoms with Crippen LogP contribution in [-0.2, 0) is 17.6 Å². The van der Waals surface area contributed by atoms with Gasteiger partial charge in [-0.15, -0.1) is 11.3 Å². The van der Waals surface area contributed by atoms with Crippen LogP contribution in [0.25, 0.3) is 16.2 Å². The van der Waals surface area contributed by atoms with Gasteiger partial charge in [-0.05, 0) is 30.5 Å². The first-order valence-electron chi connectivity index (χ1n) is 9.63. The highest BCUT2D eigenvalue weighted by Crippen LogP contribution is 2.24. The largest absolute Gasteiger partial charge is 0.497 e. The summed E-state index contributed by atoms with van der Waals surface area (Å²) in [6.45, 7) is 0.619. The van der Waals surface area contributed by atoms with Crippen LogP contribution in [0.5, 0.6) is 5.75 Å². The van der Waals surface area contributed by atoms with Crippen LogP contribution in [0.2, 0.25) is 0 Å². The van der Waals surface area contributed by atoms with Gasteiger partial charge in [-0.2, -0.15) is 0 Å². The Balaban J connectivity index is 1.31. The van der Waals surface area contributed by atoms with Gasteiger partial charge in [0.25, 0.3) is 0 Å². The first kappa shape index (κ1) is 19.2. The lowest BCUT2D eigenvalue weighted by molar-refractivity contribution is -0.121. The van der Waals surface area contributed by atoms with E-state index in [9.17, 15) is 4.79 Å². The van der Waals surface area contributed by atoms with Crippen LogP contribution in [0, 0.1) is 0 Å². The Labute approximate surface area is 174 Å². The van der Waals surface area contributed by atoms with Gasteiger partial charge in [0, 0.05) is 35.8 Å². The molecular weight excluding hydrogens is 382 g/mol. The van der Waals surface area contributed by atoms with E-state index in [1.54, 1.807) is 18.4 Å². The van der Waals surface area contributed by atoms with Crippen LogP contribution in [0.15, 0.2) is 66.2 Å². The molecule has 2 heterocycles. The summed E-state index contributed by atoms with van der Waals surface area (Å²) >= 11 is 1.61. The molecule has 0 saturated carbocycles. The van der Waals surface area contributed by atoms with Gasteiger partial charge in [-0.3, -0.25) is 9.20 Å². The minimum Gasteiger partial charge on any atom is -0.497 e. The average molecular weight is 406 g/mol. The highest BCUT2D eigenvalue weighted by molar-refractivity contribution is 7.15. The number of thiazole rings is 1. The molecule has 1 N–H and O–H groups in total. The zero-order valence-electron chi connectivity index (χ0n) is 16.3. The number of amides is 1. The van der Waals surface area contributed by atoms with Gasteiger partial charge in [0.1, 0.15) is 5.75 Å². The minimum atomic E-state index is 0.0654. The van der Waals surface area contributed by atoms with E-state index in [1.807, 2.05) is 42.5 Å². The summed E-state index contributed by atoms with van der Waals surface area (Å²) in [5.41, 5.74) is 4.32. The molecule has 0 aliphatic carbocycles. The molecule has 148 valence electrons. The molecule has 6 heteroatoms. The van der Waals surface area contributed by atoms with Crippen molar-refractivity contribution in [1.82, 2.24) is 14.7 Å². The number of aromatic nitrogens is 2. The smallest absolute Gasteiger partial charge is 0.220 e. The maximum Gasteiger partial charge on any atom is 0.220 e. The van der Waals surface area contributed by atoms with Gasteiger partial charge in [0.2, 0.25) is 5.91 Å². The Morgan fingerprint density at radius 2 is 2.00 bits per heavy atom. The number of methoxy groups -OCH3 is 1. The Morgan fingerprint density at radius 3 is 2.83 bits per heavy atom. The fraction of sp³-hybridized carbons (Fsp3) is 0.217. The zero-order chi connectivity index (χ0) is 20.1. The molecule has 4 rings (SSSR count). The highest BCUT2D eigenvalue weighted by atomic mass is 32.1. The summed E-state index contributed by atoms with van der Waals surface area (Å²) in [5, 5.41) is 5.09. The second-order valence-corrected chi connectivity index (χ2v) is 7.66. The molecule has 0 fully saturated rings. The zero-order valence-corrected chi connectivity index (χ0v) is 17.1. The van der Waals surface area contributed by atoms with Crippen molar-refractivity contribution in [3.8, 4) is 17.0 Å². The first-order chi connectivity index (χ1) is 14.2. The van der Waals surface area contributed by atoms with E-state index in [2.05, 4.69) is 33.4 Å². The lowest BCUT2D eigenvalue weighted by Crippen LogP contribution is -2.26. The normalized spacial score (nSPS) is 10.9. The van der Waals surface area contributed by atoms with Crippen molar-refractivity contribution >= 4 is 22.2 Å². The second-order valence-electron chi connectivity index (χ2n) is 6.82. The second kappa shape index (κ2) is 8.92. The summed E-state index contributed by atoms with van der Waals surface area (Å²) < 4.78 is 7.33. The van der Waals surface area contributed by atoms with Crippen LogP contribution in [0.3, 0.4) is 0 Å². The lowest BCUT2D eigenvalue weighted by Gasteiger charge is -2.07. The summed E-state index contributed by atoms with van der Waals surface area (Å²) in [7, 11) is 1.66.